The van der Waals surface area contributed by atoms with Gasteiger partial charge in [0, 0.05) is 22.2 Å². The Morgan fingerprint density at radius 2 is 1.90 bits per heavy atom. The standard InChI is InChI=1S/C23H24BrN3O2S/c24-19-12-13-21(29-22(28)14-11-17-7-3-1-4-8-17)18(15-19)16-25-27-23(30)26-20-9-5-2-6-10-20/h1,3-4,7-8,11-16,20H,2,5-6,9-10H2,(H2,26,27,30)/b14-11+,25-16-. The molecule has 0 radical (unpaired) electrons. The molecule has 0 spiro atoms. The number of nitrogens with one attached hydrogen (secondary N) is 2. The van der Waals surface area contributed by atoms with Gasteiger partial charge >= 0.3 is 5.97 Å². The molecule has 1 aliphatic carbocycles. The molecule has 7 heteroatoms. The number of esters is 1. The van der Waals surface area contributed by atoms with E-state index >= 15 is 0 Å². The minimum absolute atomic E-state index is 0.410. The van der Waals surface area contributed by atoms with Crippen LogP contribution in [0.3, 0.4) is 0 Å². The molecule has 2 aromatic rings. The van der Waals surface area contributed by atoms with E-state index < -0.39 is 5.97 Å². The van der Waals surface area contributed by atoms with Gasteiger partial charge in [-0.1, -0.05) is 65.5 Å². The lowest BCUT2D eigenvalue weighted by molar-refractivity contribution is -0.128. The summed E-state index contributed by atoms with van der Waals surface area (Å²) in [4.78, 5) is 12.2. The van der Waals surface area contributed by atoms with Gasteiger partial charge in [-0.2, -0.15) is 5.10 Å². The number of rotatable bonds is 6. The second-order valence-electron chi connectivity index (χ2n) is 7.03. The van der Waals surface area contributed by atoms with Crippen molar-refractivity contribution in [3.63, 3.8) is 0 Å². The maximum absolute atomic E-state index is 12.2. The van der Waals surface area contributed by atoms with E-state index in [-0.39, 0.29) is 0 Å². The molecular formula is C23H24BrN3O2S. The van der Waals surface area contributed by atoms with Crippen LogP contribution in [0.25, 0.3) is 6.08 Å². The molecule has 0 aliphatic heterocycles. The number of hydrogen-bond acceptors (Lipinski definition) is 4. The lowest BCUT2D eigenvalue weighted by Crippen LogP contribution is -2.40. The van der Waals surface area contributed by atoms with E-state index in [1.54, 1.807) is 18.4 Å². The maximum Gasteiger partial charge on any atom is 0.336 e. The average Bonchev–Trinajstić information content (AvgIpc) is 2.75. The van der Waals surface area contributed by atoms with Crippen LogP contribution in [0, 0.1) is 0 Å². The van der Waals surface area contributed by atoms with Crippen LogP contribution in [-0.2, 0) is 4.79 Å². The number of nitrogens with zero attached hydrogens (tertiary/aromatic N) is 1. The zero-order valence-electron chi connectivity index (χ0n) is 16.5. The molecule has 2 N–H and O–H groups in total. The largest absolute Gasteiger partial charge is 0.423 e. The number of thiocarbonyl (C=S) groups is 1. The van der Waals surface area contributed by atoms with Gasteiger partial charge in [0.15, 0.2) is 5.11 Å². The highest BCUT2D eigenvalue weighted by Crippen LogP contribution is 2.22. The minimum atomic E-state index is -0.460. The van der Waals surface area contributed by atoms with Gasteiger partial charge in [0.25, 0.3) is 0 Å². The molecule has 0 aromatic heterocycles. The summed E-state index contributed by atoms with van der Waals surface area (Å²) < 4.78 is 6.34. The topological polar surface area (TPSA) is 62.7 Å². The molecule has 0 bridgehead atoms. The first kappa shape index (κ1) is 22.2. The Labute approximate surface area is 190 Å². The third kappa shape index (κ3) is 7.39. The van der Waals surface area contributed by atoms with E-state index in [2.05, 4.69) is 31.8 Å². The van der Waals surface area contributed by atoms with Crippen molar-refractivity contribution in [2.75, 3.05) is 0 Å². The molecule has 0 atom stereocenters. The highest BCUT2D eigenvalue weighted by molar-refractivity contribution is 9.10. The monoisotopic (exact) mass is 485 g/mol. The van der Waals surface area contributed by atoms with Gasteiger partial charge in [-0.15, -0.1) is 0 Å². The van der Waals surface area contributed by atoms with Gasteiger partial charge in [0.2, 0.25) is 0 Å². The Kier molecular flexibility index (Phi) is 8.59. The van der Waals surface area contributed by atoms with Gasteiger partial charge in [0.05, 0.1) is 6.21 Å². The Hall–Kier alpha value is -2.51. The summed E-state index contributed by atoms with van der Waals surface area (Å²) in [5, 5.41) is 8.00. The van der Waals surface area contributed by atoms with Gasteiger partial charge in [-0.3, -0.25) is 5.43 Å². The van der Waals surface area contributed by atoms with Crippen molar-refractivity contribution in [2.45, 2.75) is 38.1 Å². The molecule has 3 rings (SSSR count). The Bertz CT molecular complexity index is 925. The predicted octanol–water partition coefficient (Wildman–Crippen LogP) is 5.20. The van der Waals surface area contributed by atoms with Crippen LogP contribution in [0.1, 0.15) is 43.2 Å². The fraction of sp³-hybridized carbons (Fsp3) is 0.261. The highest BCUT2D eigenvalue weighted by Gasteiger charge is 2.13. The number of ether oxygens (including phenoxy) is 1. The smallest absolute Gasteiger partial charge is 0.336 e. The van der Waals surface area contributed by atoms with Gasteiger partial charge in [-0.25, -0.2) is 4.79 Å². The van der Waals surface area contributed by atoms with Crippen LogP contribution in [0.5, 0.6) is 5.75 Å². The molecule has 0 saturated heterocycles. The molecule has 5 nitrogen and oxygen atoms in total. The first-order chi connectivity index (χ1) is 14.6. The zero-order valence-corrected chi connectivity index (χ0v) is 18.9. The van der Waals surface area contributed by atoms with Crippen molar-refractivity contribution in [1.29, 1.82) is 0 Å². The van der Waals surface area contributed by atoms with Crippen molar-refractivity contribution in [3.8, 4) is 5.75 Å². The summed E-state index contributed by atoms with van der Waals surface area (Å²) >= 11 is 8.76. The van der Waals surface area contributed by atoms with Gasteiger partial charge in [0.1, 0.15) is 5.75 Å². The van der Waals surface area contributed by atoms with Crippen LogP contribution in [-0.4, -0.2) is 23.3 Å². The van der Waals surface area contributed by atoms with Crippen LogP contribution in [0.2, 0.25) is 0 Å². The van der Waals surface area contributed by atoms with E-state index in [4.69, 9.17) is 17.0 Å². The lowest BCUT2D eigenvalue weighted by atomic mass is 9.96. The molecule has 0 amide bonds. The van der Waals surface area contributed by atoms with Gasteiger partial charge in [-0.05, 0) is 54.9 Å². The predicted molar refractivity (Wildman–Crippen MR) is 129 cm³/mol. The van der Waals surface area contributed by atoms with Crippen LogP contribution in [0.15, 0.2) is 64.2 Å². The summed E-state index contributed by atoms with van der Waals surface area (Å²) in [6, 6.07) is 15.3. The second kappa shape index (κ2) is 11.6. The third-order valence-electron chi connectivity index (χ3n) is 4.70. The lowest BCUT2D eigenvalue weighted by Gasteiger charge is -2.23. The number of hydrazone groups is 1. The van der Waals surface area contributed by atoms with Crippen molar-refractivity contribution in [2.24, 2.45) is 5.10 Å². The number of carbonyl (C=O) groups excluding carboxylic acids is 1. The number of benzene rings is 2. The fourth-order valence-corrected chi connectivity index (χ4v) is 3.81. The third-order valence-corrected chi connectivity index (χ3v) is 5.41. The molecule has 1 fully saturated rings. The molecule has 2 aromatic carbocycles. The number of carbonyl (C=O) groups is 1. The normalized spacial score (nSPS) is 14.7. The Balaban J connectivity index is 1.58. The summed E-state index contributed by atoms with van der Waals surface area (Å²) in [5.74, 6) is -0.0455. The first-order valence-electron chi connectivity index (χ1n) is 9.94. The van der Waals surface area contributed by atoms with Crippen LogP contribution >= 0.6 is 28.1 Å². The highest BCUT2D eigenvalue weighted by atomic mass is 79.9. The number of hydrogen-bond donors (Lipinski definition) is 2. The Morgan fingerprint density at radius 3 is 2.67 bits per heavy atom. The van der Waals surface area contributed by atoms with Crippen molar-refractivity contribution >= 4 is 51.5 Å². The quantitative estimate of drug-likeness (QED) is 0.147. The van der Waals surface area contributed by atoms with Crippen molar-refractivity contribution in [1.82, 2.24) is 10.7 Å². The maximum atomic E-state index is 12.2. The molecule has 0 heterocycles. The van der Waals surface area contributed by atoms with E-state index in [1.165, 1.54) is 25.3 Å². The minimum Gasteiger partial charge on any atom is -0.423 e. The fourth-order valence-electron chi connectivity index (χ4n) is 3.21. The Morgan fingerprint density at radius 1 is 1.13 bits per heavy atom. The van der Waals surface area contributed by atoms with E-state index in [0.717, 1.165) is 22.9 Å². The molecule has 156 valence electrons. The van der Waals surface area contributed by atoms with E-state index in [0.29, 0.717) is 22.5 Å². The SMILES string of the molecule is O=C(/C=C/c1ccccc1)Oc1ccc(Br)cc1/C=N\NC(=S)NC1CCCCC1. The zero-order chi connectivity index (χ0) is 21.2. The van der Waals surface area contributed by atoms with Gasteiger partial charge < -0.3 is 10.1 Å². The van der Waals surface area contributed by atoms with E-state index in [1.807, 2.05) is 42.5 Å². The van der Waals surface area contributed by atoms with Crippen molar-refractivity contribution < 1.29 is 9.53 Å². The molecule has 1 aliphatic rings. The second-order valence-corrected chi connectivity index (χ2v) is 8.35. The summed E-state index contributed by atoms with van der Waals surface area (Å²) in [5.41, 5.74) is 4.42. The summed E-state index contributed by atoms with van der Waals surface area (Å²) in [6.07, 6.45) is 10.7. The summed E-state index contributed by atoms with van der Waals surface area (Å²) in [7, 11) is 0. The summed E-state index contributed by atoms with van der Waals surface area (Å²) in [6.45, 7) is 0. The molecule has 0 unspecified atom stereocenters. The van der Waals surface area contributed by atoms with Crippen LogP contribution in [0.4, 0.5) is 0 Å². The molecular weight excluding hydrogens is 462 g/mol. The molecule has 1 saturated carbocycles. The van der Waals surface area contributed by atoms with Crippen molar-refractivity contribution in [3.05, 3.63) is 70.2 Å². The average molecular weight is 486 g/mol. The van der Waals surface area contributed by atoms with E-state index in [9.17, 15) is 4.79 Å². The number of halogens is 1. The molecule has 30 heavy (non-hydrogen) atoms. The van der Waals surface area contributed by atoms with Crippen LogP contribution < -0.4 is 15.5 Å². The first-order valence-corrected chi connectivity index (χ1v) is 11.1.